The number of likely N-dealkylation sites (tertiary alicyclic amines) is 1. The molecule has 3 aliphatic rings. The molecule has 2 aliphatic heterocycles. The van der Waals surface area contributed by atoms with Crippen molar-refractivity contribution >= 4 is 11.8 Å². The highest BCUT2D eigenvalue weighted by Crippen LogP contribution is 2.29. The van der Waals surface area contributed by atoms with Gasteiger partial charge in [-0.1, -0.05) is 18.6 Å². The molecule has 1 aromatic rings. The Kier molecular flexibility index (Phi) is 6.18. The van der Waals surface area contributed by atoms with E-state index in [-0.39, 0.29) is 29.6 Å². The second kappa shape index (κ2) is 8.82. The molecule has 1 aliphatic carbocycles. The van der Waals surface area contributed by atoms with E-state index in [4.69, 9.17) is 0 Å². The third-order valence-electron chi connectivity index (χ3n) is 6.92. The fraction of sp³-hybridized carbons (Fsp3) is 0.652. The molecule has 2 unspecified atom stereocenters. The third kappa shape index (κ3) is 4.63. The number of benzene rings is 1. The van der Waals surface area contributed by atoms with E-state index in [9.17, 15) is 14.0 Å². The molecule has 0 N–H and O–H groups in total. The minimum absolute atomic E-state index is 0.0454. The molecule has 0 spiro atoms. The van der Waals surface area contributed by atoms with Gasteiger partial charge in [0.2, 0.25) is 11.8 Å². The number of carbonyl (C=O) groups is 2. The highest BCUT2D eigenvalue weighted by atomic mass is 19.1. The maximum Gasteiger partial charge on any atom is 0.245 e. The first-order valence-corrected chi connectivity index (χ1v) is 11.1. The molecular formula is C23H32FN3O2. The molecule has 1 aromatic carbocycles. The predicted molar refractivity (Wildman–Crippen MR) is 110 cm³/mol. The van der Waals surface area contributed by atoms with E-state index in [0.29, 0.717) is 25.4 Å². The lowest BCUT2D eigenvalue weighted by atomic mass is 9.91. The largest absolute Gasteiger partial charge is 0.340 e. The summed E-state index contributed by atoms with van der Waals surface area (Å²) in [7, 11) is 0. The van der Waals surface area contributed by atoms with Gasteiger partial charge >= 0.3 is 0 Å². The number of halogens is 1. The van der Waals surface area contributed by atoms with Crippen molar-refractivity contribution in [1.82, 2.24) is 14.7 Å². The molecule has 2 amide bonds. The lowest BCUT2D eigenvalue weighted by molar-refractivity contribution is -0.142. The monoisotopic (exact) mass is 401 g/mol. The van der Waals surface area contributed by atoms with Crippen LogP contribution in [0.5, 0.6) is 0 Å². The van der Waals surface area contributed by atoms with Crippen molar-refractivity contribution in [3.8, 4) is 0 Å². The Morgan fingerprint density at radius 2 is 1.93 bits per heavy atom. The first-order valence-electron chi connectivity index (χ1n) is 11.1. The van der Waals surface area contributed by atoms with Crippen LogP contribution in [0.25, 0.3) is 0 Å². The van der Waals surface area contributed by atoms with E-state index in [2.05, 4.69) is 4.90 Å². The van der Waals surface area contributed by atoms with Crippen LogP contribution in [-0.4, -0.2) is 71.3 Å². The summed E-state index contributed by atoms with van der Waals surface area (Å²) in [4.78, 5) is 31.8. The van der Waals surface area contributed by atoms with Gasteiger partial charge < -0.3 is 9.80 Å². The van der Waals surface area contributed by atoms with Gasteiger partial charge in [0.1, 0.15) is 11.9 Å². The maximum atomic E-state index is 13.5. The number of hydrogen-bond donors (Lipinski definition) is 0. The zero-order valence-electron chi connectivity index (χ0n) is 17.4. The number of carbonyl (C=O) groups excluding carboxylic acids is 2. The van der Waals surface area contributed by atoms with Crippen LogP contribution in [-0.2, 0) is 16.0 Å². The Balaban J connectivity index is 1.40. The molecule has 0 aromatic heterocycles. The van der Waals surface area contributed by atoms with Gasteiger partial charge in [0.05, 0.1) is 0 Å². The van der Waals surface area contributed by atoms with Gasteiger partial charge in [0, 0.05) is 45.7 Å². The van der Waals surface area contributed by atoms with Gasteiger partial charge in [0.15, 0.2) is 0 Å². The Hall–Kier alpha value is -1.95. The molecule has 6 heteroatoms. The van der Waals surface area contributed by atoms with Gasteiger partial charge in [-0.15, -0.1) is 0 Å². The maximum absolute atomic E-state index is 13.5. The van der Waals surface area contributed by atoms with Crippen LogP contribution in [0.2, 0.25) is 0 Å². The van der Waals surface area contributed by atoms with Crippen molar-refractivity contribution in [1.29, 1.82) is 0 Å². The summed E-state index contributed by atoms with van der Waals surface area (Å²) >= 11 is 0. The van der Waals surface area contributed by atoms with Crippen LogP contribution >= 0.6 is 0 Å². The molecule has 5 nitrogen and oxygen atoms in total. The second-order valence-electron chi connectivity index (χ2n) is 8.92. The summed E-state index contributed by atoms with van der Waals surface area (Å²) in [6, 6.07) is 6.97. The van der Waals surface area contributed by atoms with Crippen molar-refractivity contribution in [3.63, 3.8) is 0 Å². The Morgan fingerprint density at radius 3 is 2.62 bits per heavy atom. The minimum atomic E-state index is -0.374. The second-order valence-corrected chi connectivity index (χ2v) is 8.92. The standard InChI is InChI=1S/C23H32FN3O2/c1-17(28)27-16-19(13-18-5-2-6-20(24)14-18)15-22(27)23(29)26-10-4-9-25(11-12-26)21-7-3-8-21/h2,5-6,14,19,21-22H,3-4,7-13,15-16H2,1H3. The average Bonchev–Trinajstić information content (AvgIpc) is 2.91. The number of nitrogens with zero attached hydrogens (tertiary/aromatic N) is 3. The summed E-state index contributed by atoms with van der Waals surface area (Å²) in [6.45, 7) is 5.66. The summed E-state index contributed by atoms with van der Waals surface area (Å²) < 4.78 is 13.5. The van der Waals surface area contributed by atoms with Crippen LogP contribution in [0.4, 0.5) is 4.39 Å². The quantitative estimate of drug-likeness (QED) is 0.779. The van der Waals surface area contributed by atoms with Crippen LogP contribution in [0.1, 0.15) is 44.6 Å². The van der Waals surface area contributed by atoms with E-state index in [1.807, 2.05) is 11.0 Å². The van der Waals surface area contributed by atoms with Gasteiger partial charge in [-0.3, -0.25) is 14.5 Å². The Bertz CT molecular complexity index is 751. The highest BCUT2D eigenvalue weighted by molar-refractivity contribution is 5.87. The molecular weight excluding hydrogens is 369 g/mol. The first kappa shape index (κ1) is 20.3. The first-order chi connectivity index (χ1) is 14.0. The fourth-order valence-electron chi connectivity index (χ4n) is 5.14. The topological polar surface area (TPSA) is 43.9 Å². The summed E-state index contributed by atoms with van der Waals surface area (Å²) in [5.41, 5.74) is 0.928. The van der Waals surface area contributed by atoms with Crippen molar-refractivity contribution in [3.05, 3.63) is 35.6 Å². The molecule has 2 saturated heterocycles. The zero-order valence-corrected chi connectivity index (χ0v) is 17.4. The summed E-state index contributed by atoms with van der Waals surface area (Å²) in [6.07, 6.45) is 6.26. The van der Waals surface area contributed by atoms with Crippen LogP contribution in [0.3, 0.4) is 0 Å². The zero-order chi connectivity index (χ0) is 20.4. The van der Waals surface area contributed by atoms with E-state index >= 15 is 0 Å². The molecule has 2 atom stereocenters. The summed E-state index contributed by atoms with van der Waals surface area (Å²) in [5.74, 6) is -0.00126. The molecule has 1 saturated carbocycles. The lowest BCUT2D eigenvalue weighted by Crippen LogP contribution is -2.48. The van der Waals surface area contributed by atoms with E-state index in [1.165, 1.54) is 25.3 Å². The molecule has 158 valence electrons. The van der Waals surface area contributed by atoms with Gasteiger partial charge in [-0.05, 0) is 55.7 Å². The SMILES string of the molecule is CC(=O)N1CC(Cc2cccc(F)c2)CC1C(=O)N1CCCN(C2CCC2)CC1. The van der Waals surface area contributed by atoms with Crippen molar-refractivity contribution in [2.45, 2.75) is 57.5 Å². The average molecular weight is 402 g/mol. The molecule has 29 heavy (non-hydrogen) atoms. The number of rotatable bonds is 4. The predicted octanol–water partition coefficient (Wildman–Crippen LogP) is 2.69. The smallest absolute Gasteiger partial charge is 0.245 e. The van der Waals surface area contributed by atoms with Crippen molar-refractivity contribution < 1.29 is 14.0 Å². The Morgan fingerprint density at radius 1 is 1.10 bits per heavy atom. The van der Waals surface area contributed by atoms with E-state index in [0.717, 1.165) is 38.2 Å². The van der Waals surface area contributed by atoms with Gasteiger partial charge in [-0.2, -0.15) is 0 Å². The molecule has 2 heterocycles. The fourth-order valence-corrected chi connectivity index (χ4v) is 5.14. The highest BCUT2D eigenvalue weighted by Gasteiger charge is 2.40. The molecule has 3 fully saturated rings. The van der Waals surface area contributed by atoms with Crippen molar-refractivity contribution in [2.24, 2.45) is 5.92 Å². The van der Waals surface area contributed by atoms with E-state index < -0.39 is 0 Å². The number of hydrogen-bond acceptors (Lipinski definition) is 3. The number of amides is 2. The van der Waals surface area contributed by atoms with Gasteiger partial charge in [0.25, 0.3) is 0 Å². The van der Waals surface area contributed by atoms with Crippen LogP contribution in [0, 0.1) is 11.7 Å². The summed E-state index contributed by atoms with van der Waals surface area (Å²) in [5, 5.41) is 0. The van der Waals surface area contributed by atoms with Crippen LogP contribution in [0.15, 0.2) is 24.3 Å². The third-order valence-corrected chi connectivity index (χ3v) is 6.92. The van der Waals surface area contributed by atoms with E-state index in [1.54, 1.807) is 24.0 Å². The van der Waals surface area contributed by atoms with Gasteiger partial charge in [-0.25, -0.2) is 4.39 Å². The normalized spacial score (nSPS) is 26.3. The lowest BCUT2D eigenvalue weighted by Gasteiger charge is -2.36. The molecule has 0 radical (unpaired) electrons. The molecule has 0 bridgehead atoms. The molecule has 4 rings (SSSR count). The Labute approximate surface area is 172 Å². The minimum Gasteiger partial charge on any atom is -0.340 e. The van der Waals surface area contributed by atoms with Crippen molar-refractivity contribution in [2.75, 3.05) is 32.7 Å². The van der Waals surface area contributed by atoms with Crippen LogP contribution < -0.4 is 0 Å².